The Morgan fingerprint density at radius 2 is 2.18 bits per heavy atom. The van der Waals surface area contributed by atoms with E-state index in [2.05, 4.69) is 43.0 Å². The van der Waals surface area contributed by atoms with Crippen LogP contribution in [0.2, 0.25) is 0 Å². The average molecular weight is 162 g/mol. The zero-order valence-corrected chi connectivity index (χ0v) is 7.14. The Morgan fingerprint density at radius 3 is 3.00 bits per heavy atom. The summed E-state index contributed by atoms with van der Waals surface area (Å²) in [5.41, 5.74) is 2.74. The summed E-state index contributed by atoms with van der Waals surface area (Å²) < 4.78 is 0. The average Bonchev–Trinajstić information content (AvgIpc) is 2.06. The van der Waals surface area contributed by atoms with Crippen LogP contribution in [-0.2, 0) is 6.42 Å². The standard InChI is InChI=1S/C10H10S/c11-10-7-3-5-8-4-1-2-6-9(8)10/h1,3-5,7,11H,2,6H2. The number of hydrogen-bond donors (Lipinski definition) is 1. The predicted molar refractivity (Wildman–Crippen MR) is 51.0 cm³/mol. The predicted octanol–water partition coefficient (Wildman–Crippen LogP) is 2.93. The second kappa shape index (κ2) is 2.74. The van der Waals surface area contributed by atoms with E-state index in [9.17, 15) is 0 Å². The lowest BCUT2D eigenvalue weighted by Crippen LogP contribution is -1.94. The van der Waals surface area contributed by atoms with Crippen molar-refractivity contribution < 1.29 is 0 Å². The quantitative estimate of drug-likeness (QED) is 0.557. The Bertz CT molecular complexity index is 300. The van der Waals surface area contributed by atoms with Gasteiger partial charge in [0.15, 0.2) is 0 Å². The number of fused-ring (bicyclic) bond motifs is 1. The molecule has 0 fully saturated rings. The highest BCUT2D eigenvalue weighted by atomic mass is 32.1. The van der Waals surface area contributed by atoms with Crippen molar-refractivity contribution in [2.75, 3.05) is 0 Å². The summed E-state index contributed by atoms with van der Waals surface area (Å²) in [6, 6.07) is 6.25. The monoisotopic (exact) mass is 162 g/mol. The highest BCUT2D eigenvalue weighted by molar-refractivity contribution is 7.80. The molecule has 1 aromatic carbocycles. The zero-order valence-electron chi connectivity index (χ0n) is 6.25. The zero-order chi connectivity index (χ0) is 7.68. The molecule has 56 valence electrons. The maximum absolute atomic E-state index is 4.40. The molecule has 0 heterocycles. The lowest BCUT2D eigenvalue weighted by Gasteiger charge is -2.11. The van der Waals surface area contributed by atoms with Gasteiger partial charge in [0.2, 0.25) is 0 Å². The maximum atomic E-state index is 4.40. The van der Waals surface area contributed by atoms with Gasteiger partial charge in [-0.3, -0.25) is 0 Å². The van der Waals surface area contributed by atoms with E-state index in [4.69, 9.17) is 0 Å². The van der Waals surface area contributed by atoms with Crippen molar-refractivity contribution in [2.45, 2.75) is 17.7 Å². The summed E-state index contributed by atoms with van der Waals surface area (Å²) in [7, 11) is 0. The SMILES string of the molecule is Sc1cccc2c1CCC=C2. The van der Waals surface area contributed by atoms with E-state index in [1.807, 2.05) is 0 Å². The molecule has 0 atom stereocenters. The van der Waals surface area contributed by atoms with E-state index in [1.165, 1.54) is 11.1 Å². The fraction of sp³-hybridized carbons (Fsp3) is 0.200. The molecule has 1 heteroatoms. The summed E-state index contributed by atoms with van der Waals surface area (Å²) in [5, 5.41) is 0. The van der Waals surface area contributed by atoms with Crippen molar-refractivity contribution in [3.63, 3.8) is 0 Å². The van der Waals surface area contributed by atoms with Gasteiger partial charge in [-0.1, -0.05) is 24.3 Å². The highest BCUT2D eigenvalue weighted by Crippen LogP contribution is 2.24. The third-order valence-electron chi connectivity index (χ3n) is 2.05. The van der Waals surface area contributed by atoms with E-state index in [0.29, 0.717) is 0 Å². The maximum Gasteiger partial charge on any atom is 0.00781 e. The summed E-state index contributed by atoms with van der Waals surface area (Å²) >= 11 is 4.40. The van der Waals surface area contributed by atoms with Gasteiger partial charge in [-0.05, 0) is 30.0 Å². The first-order valence-corrected chi connectivity index (χ1v) is 4.30. The largest absolute Gasteiger partial charge is 0.143 e. The first-order chi connectivity index (χ1) is 5.38. The molecule has 1 aliphatic rings. The van der Waals surface area contributed by atoms with Crippen molar-refractivity contribution in [3.05, 3.63) is 35.4 Å². The van der Waals surface area contributed by atoms with Gasteiger partial charge < -0.3 is 0 Å². The molecule has 0 radical (unpaired) electrons. The lowest BCUT2D eigenvalue weighted by molar-refractivity contribution is 0.955. The fourth-order valence-electron chi connectivity index (χ4n) is 1.46. The van der Waals surface area contributed by atoms with Gasteiger partial charge in [-0.25, -0.2) is 0 Å². The van der Waals surface area contributed by atoms with Gasteiger partial charge >= 0.3 is 0 Å². The summed E-state index contributed by atoms with van der Waals surface area (Å²) in [5.74, 6) is 0. The van der Waals surface area contributed by atoms with Crippen molar-refractivity contribution in [3.8, 4) is 0 Å². The van der Waals surface area contributed by atoms with Gasteiger partial charge in [-0.15, -0.1) is 12.6 Å². The van der Waals surface area contributed by atoms with Gasteiger partial charge in [0.25, 0.3) is 0 Å². The molecular weight excluding hydrogens is 152 g/mol. The number of allylic oxidation sites excluding steroid dienone is 1. The summed E-state index contributed by atoms with van der Waals surface area (Å²) in [4.78, 5) is 1.13. The Morgan fingerprint density at radius 1 is 1.27 bits per heavy atom. The minimum atomic E-state index is 1.13. The Balaban J connectivity index is 2.60. The Labute approximate surface area is 72.4 Å². The molecule has 0 saturated heterocycles. The van der Waals surface area contributed by atoms with E-state index in [-0.39, 0.29) is 0 Å². The molecule has 0 bridgehead atoms. The van der Waals surface area contributed by atoms with Crippen molar-refractivity contribution in [1.82, 2.24) is 0 Å². The highest BCUT2D eigenvalue weighted by Gasteiger charge is 2.05. The Hall–Kier alpha value is -0.690. The fourth-order valence-corrected chi connectivity index (χ4v) is 1.79. The minimum absolute atomic E-state index is 1.13. The Kier molecular flexibility index (Phi) is 1.74. The molecule has 1 aromatic rings. The van der Waals surface area contributed by atoms with Gasteiger partial charge in [-0.2, -0.15) is 0 Å². The van der Waals surface area contributed by atoms with E-state index < -0.39 is 0 Å². The molecule has 0 aliphatic heterocycles. The number of rotatable bonds is 0. The molecular formula is C10H10S. The van der Waals surface area contributed by atoms with Crippen LogP contribution >= 0.6 is 12.6 Å². The number of thiol groups is 1. The molecule has 0 unspecified atom stereocenters. The molecule has 0 nitrogen and oxygen atoms in total. The normalized spacial score (nSPS) is 14.6. The van der Waals surface area contributed by atoms with E-state index >= 15 is 0 Å². The molecule has 2 rings (SSSR count). The van der Waals surface area contributed by atoms with E-state index in [0.717, 1.165) is 17.7 Å². The smallest absolute Gasteiger partial charge is 0.00781 e. The molecule has 0 spiro atoms. The molecule has 1 aliphatic carbocycles. The van der Waals surface area contributed by atoms with Gasteiger partial charge in [0.05, 0.1) is 0 Å². The van der Waals surface area contributed by atoms with Crippen molar-refractivity contribution >= 4 is 18.7 Å². The summed E-state index contributed by atoms with van der Waals surface area (Å²) in [6.45, 7) is 0. The first kappa shape index (κ1) is 6.99. The minimum Gasteiger partial charge on any atom is -0.143 e. The third kappa shape index (κ3) is 1.21. The molecule has 0 amide bonds. The van der Waals surface area contributed by atoms with Crippen LogP contribution in [0.4, 0.5) is 0 Å². The first-order valence-electron chi connectivity index (χ1n) is 3.85. The second-order valence-electron chi connectivity index (χ2n) is 2.79. The molecule has 11 heavy (non-hydrogen) atoms. The number of benzene rings is 1. The van der Waals surface area contributed by atoms with Crippen molar-refractivity contribution in [2.24, 2.45) is 0 Å². The van der Waals surface area contributed by atoms with Crippen LogP contribution in [0, 0.1) is 0 Å². The van der Waals surface area contributed by atoms with Crippen LogP contribution in [0.1, 0.15) is 17.5 Å². The van der Waals surface area contributed by atoms with Crippen LogP contribution in [0.15, 0.2) is 29.2 Å². The van der Waals surface area contributed by atoms with Crippen LogP contribution < -0.4 is 0 Å². The second-order valence-corrected chi connectivity index (χ2v) is 3.27. The molecule has 0 aromatic heterocycles. The number of hydrogen-bond acceptors (Lipinski definition) is 1. The van der Waals surface area contributed by atoms with Crippen molar-refractivity contribution in [1.29, 1.82) is 0 Å². The van der Waals surface area contributed by atoms with Crippen LogP contribution in [0.3, 0.4) is 0 Å². The molecule has 0 N–H and O–H groups in total. The van der Waals surface area contributed by atoms with E-state index in [1.54, 1.807) is 0 Å². The van der Waals surface area contributed by atoms with Gasteiger partial charge in [0.1, 0.15) is 0 Å². The third-order valence-corrected chi connectivity index (χ3v) is 2.46. The summed E-state index contributed by atoms with van der Waals surface area (Å²) in [6.07, 6.45) is 6.70. The lowest BCUT2D eigenvalue weighted by atomic mass is 9.98. The van der Waals surface area contributed by atoms with Crippen LogP contribution in [-0.4, -0.2) is 0 Å². The molecule has 0 saturated carbocycles. The van der Waals surface area contributed by atoms with Crippen LogP contribution in [0.5, 0.6) is 0 Å². The topological polar surface area (TPSA) is 0 Å². The van der Waals surface area contributed by atoms with Crippen LogP contribution in [0.25, 0.3) is 6.08 Å². The van der Waals surface area contributed by atoms with Gasteiger partial charge in [0, 0.05) is 4.90 Å².